The predicted molar refractivity (Wildman–Crippen MR) is 181 cm³/mol. The molecule has 0 aliphatic rings. The molecule has 5 rings (SSSR count). The molecular weight excluding hydrogens is 823 g/mol. The number of halogens is 6. The highest BCUT2D eigenvalue weighted by atomic mass is 32.2. The minimum absolute atomic E-state index is 0.0415. The molecule has 0 aliphatic heterocycles. The standard InChI is InChI=1S/C30H24F6N10O9S2/c1-2-37-26(47)15-7-22(24-11-45(43-41-24)16-3-5-18(20(9-16)29(31,32)33)27(48)38-13-56(50,51)52)40-23(8-15)25-12-46(44-42-25)17-4-6-19(21(10-17)30(34,35)36)28(49)39-14-57(53,54)55/h3-12H,2,13-14H2,1H3,(H,37,47)(H,38,48)(H,39,49)(H,50,51,52)(H,53,54,55). The van der Waals surface area contributed by atoms with E-state index in [1.807, 2.05) is 0 Å². The van der Waals surface area contributed by atoms with Crippen LogP contribution >= 0.6 is 0 Å². The Morgan fingerprint density at radius 3 is 1.39 bits per heavy atom. The average molecular weight is 847 g/mol. The first-order valence-electron chi connectivity index (χ1n) is 15.5. The molecule has 0 saturated heterocycles. The van der Waals surface area contributed by atoms with Gasteiger partial charge in [-0.1, -0.05) is 10.4 Å². The number of carbonyl (C=O) groups is 3. The van der Waals surface area contributed by atoms with E-state index in [1.54, 1.807) is 17.6 Å². The molecule has 302 valence electrons. The molecule has 0 radical (unpaired) electrons. The van der Waals surface area contributed by atoms with E-state index in [4.69, 9.17) is 9.11 Å². The number of nitrogens with one attached hydrogen (secondary N) is 3. The van der Waals surface area contributed by atoms with Gasteiger partial charge in [0.25, 0.3) is 38.0 Å². The molecule has 3 amide bonds. The van der Waals surface area contributed by atoms with Gasteiger partial charge in [0.05, 0.1) is 57.4 Å². The molecule has 0 spiro atoms. The number of nitrogens with zero attached hydrogens (tertiary/aromatic N) is 7. The average Bonchev–Trinajstić information content (AvgIpc) is 3.83. The van der Waals surface area contributed by atoms with E-state index in [2.05, 4.69) is 30.9 Å². The van der Waals surface area contributed by atoms with Crippen molar-refractivity contribution >= 4 is 38.0 Å². The van der Waals surface area contributed by atoms with Gasteiger partial charge in [0.2, 0.25) is 0 Å². The lowest BCUT2D eigenvalue weighted by atomic mass is 10.1. The van der Waals surface area contributed by atoms with E-state index >= 15 is 0 Å². The van der Waals surface area contributed by atoms with E-state index in [-0.39, 0.29) is 46.3 Å². The fourth-order valence-corrected chi connectivity index (χ4v) is 5.55. The fraction of sp³-hybridized carbons (Fsp3) is 0.200. The van der Waals surface area contributed by atoms with Gasteiger partial charge in [-0.3, -0.25) is 23.5 Å². The van der Waals surface area contributed by atoms with E-state index in [1.165, 1.54) is 12.1 Å². The van der Waals surface area contributed by atoms with Gasteiger partial charge in [0.1, 0.15) is 23.1 Å². The zero-order chi connectivity index (χ0) is 42.1. The van der Waals surface area contributed by atoms with Crippen LogP contribution < -0.4 is 16.0 Å². The molecule has 27 heteroatoms. The van der Waals surface area contributed by atoms with Gasteiger partial charge in [-0.25, -0.2) is 14.3 Å². The Morgan fingerprint density at radius 1 is 0.632 bits per heavy atom. The molecule has 57 heavy (non-hydrogen) atoms. The van der Waals surface area contributed by atoms with E-state index in [0.29, 0.717) is 12.1 Å². The van der Waals surface area contributed by atoms with Crippen LogP contribution in [0.2, 0.25) is 0 Å². The molecule has 19 nitrogen and oxygen atoms in total. The first-order chi connectivity index (χ1) is 26.4. The number of benzene rings is 2. The van der Waals surface area contributed by atoms with E-state index < -0.39 is 84.3 Å². The van der Waals surface area contributed by atoms with Gasteiger partial charge in [-0.05, 0) is 55.5 Å². The Hall–Kier alpha value is -6.32. The summed E-state index contributed by atoms with van der Waals surface area (Å²) in [4.78, 5) is 42.0. The Balaban J connectivity index is 1.51. The third kappa shape index (κ3) is 10.3. The van der Waals surface area contributed by atoms with Crippen molar-refractivity contribution in [2.45, 2.75) is 19.3 Å². The summed E-state index contributed by atoms with van der Waals surface area (Å²) in [6.45, 7) is 1.80. The van der Waals surface area contributed by atoms with E-state index in [0.717, 1.165) is 46.0 Å². The third-order valence-electron chi connectivity index (χ3n) is 7.40. The number of pyridine rings is 1. The van der Waals surface area contributed by atoms with Gasteiger partial charge in [0, 0.05) is 12.1 Å². The summed E-state index contributed by atoms with van der Waals surface area (Å²) in [6.07, 6.45) is -8.03. The number of rotatable bonds is 12. The van der Waals surface area contributed by atoms with Crippen LogP contribution in [0.25, 0.3) is 34.2 Å². The van der Waals surface area contributed by atoms with E-state index in [9.17, 15) is 57.6 Å². The first kappa shape index (κ1) is 41.8. The molecule has 3 aromatic heterocycles. The Morgan fingerprint density at radius 2 is 1.04 bits per heavy atom. The molecule has 3 heterocycles. The minimum atomic E-state index is -5.13. The van der Waals surface area contributed by atoms with Gasteiger partial charge in [-0.2, -0.15) is 43.2 Å². The van der Waals surface area contributed by atoms with Crippen LogP contribution in [0, 0.1) is 0 Å². The number of hydrogen-bond donors (Lipinski definition) is 5. The normalized spacial score (nSPS) is 12.3. The second kappa shape index (κ2) is 15.7. The van der Waals surface area contributed by atoms with Crippen molar-refractivity contribution in [2.24, 2.45) is 0 Å². The Bertz CT molecular complexity index is 2450. The summed E-state index contributed by atoms with van der Waals surface area (Å²) in [6, 6.07) is 7.06. The fourth-order valence-electron chi connectivity index (χ4n) is 4.92. The number of aromatic nitrogens is 7. The highest BCUT2D eigenvalue weighted by Crippen LogP contribution is 2.35. The molecule has 0 atom stereocenters. The van der Waals surface area contributed by atoms with Crippen LogP contribution in [0.3, 0.4) is 0 Å². The molecule has 0 fully saturated rings. The maximum absolute atomic E-state index is 14.0. The summed E-state index contributed by atoms with van der Waals surface area (Å²) >= 11 is 0. The summed E-state index contributed by atoms with van der Waals surface area (Å²) < 4.78 is 147. The van der Waals surface area contributed by atoms with Crippen molar-refractivity contribution in [3.63, 3.8) is 0 Å². The number of carbonyl (C=O) groups excluding carboxylic acids is 3. The van der Waals surface area contributed by atoms with Gasteiger partial charge in [0.15, 0.2) is 0 Å². The highest BCUT2D eigenvalue weighted by Gasteiger charge is 2.37. The quantitative estimate of drug-likeness (QED) is 0.0893. The lowest BCUT2D eigenvalue weighted by Gasteiger charge is -2.14. The summed E-state index contributed by atoms with van der Waals surface area (Å²) in [5.74, 6) is -6.25. The highest BCUT2D eigenvalue weighted by molar-refractivity contribution is 7.86. The Kier molecular flexibility index (Phi) is 11.5. The smallest absolute Gasteiger partial charge is 0.352 e. The second-order valence-corrected chi connectivity index (χ2v) is 14.4. The summed E-state index contributed by atoms with van der Waals surface area (Å²) in [5, 5.41) is 21.4. The molecular formula is C30H24F6N10O9S2. The monoisotopic (exact) mass is 846 g/mol. The molecule has 0 unspecified atom stereocenters. The number of alkyl halides is 6. The van der Waals surface area contributed by atoms with Crippen molar-refractivity contribution in [1.82, 2.24) is 50.9 Å². The zero-order valence-corrected chi connectivity index (χ0v) is 30.0. The summed E-state index contributed by atoms with van der Waals surface area (Å²) in [7, 11) is -9.51. The zero-order valence-electron chi connectivity index (χ0n) is 28.4. The largest absolute Gasteiger partial charge is 0.417 e. The van der Waals surface area contributed by atoms with Gasteiger partial charge >= 0.3 is 12.4 Å². The SMILES string of the molecule is CCNC(=O)c1cc(-c2cn(-c3ccc(C(=O)NCS(=O)(=O)O)c(C(F)(F)F)c3)nn2)nc(-c2cn(-c3ccc(C(=O)NCS(=O)(=O)O)c(C(F)(F)F)c3)nn2)c1. The second-order valence-electron chi connectivity index (χ2n) is 11.5. The van der Waals surface area contributed by atoms with Crippen molar-refractivity contribution in [1.29, 1.82) is 0 Å². The molecule has 5 aromatic rings. The number of hydrogen-bond acceptors (Lipinski definition) is 12. The topological polar surface area (TPSA) is 270 Å². The molecule has 5 N–H and O–H groups in total. The lowest BCUT2D eigenvalue weighted by Crippen LogP contribution is -2.31. The van der Waals surface area contributed by atoms with Crippen molar-refractivity contribution in [3.05, 3.63) is 88.7 Å². The molecule has 2 aromatic carbocycles. The maximum Gasteiger partial charge on any atom is 0.417 e. The number of amides is 3. The lowest BCUT2D eigenvalue weighted by molar-refractivity contribution is -0.138. The van der Waals surface area contributed by atoms with Crippen LogP contribution in [-0.4, -0.2) is 96.9 Å². The van der Waals surface area contributed by atoms with Crippen LogP contribution in [-0.2, 0) is 32.6 Å². The molecule has 0 bridgehead atoms. The van der Waals surface area contributed by atoms with Crippen LogP contribution in [0.4, 0.5) is 26.3 Å². The van der Waals surface area contributed by atoms with Crippen molar-refractivity contribution < 1.29 is 66.7 Å². The maximum atomic E-state index is 14.0. The van der Waals surface area contributed by atoms with Crippen LogP contribution in [0.5, 0.6) is 0 Å². The van der Waals surface area contributed by atoms with Crippen LogP contribution in [0.1, 0.15) is 49.1 Å². The first-order valence-corrected chi connectivity index (χ1v) is 18.7. The third-order valence-corrected chi connectivity index (χ3v) is 8.42. The summed E-state index contributed by atoms with van der Waals surface area (Å²) in [5.41, 5.74) is -5.96. The molecule has 0 aliphatic carbocycles. The van der Waals surface area contributed by atoms with Gasteiger partial charge in [-0.15, -0.1) is 10.2 Å². The van der Waals surface area contributed by atoms with Crippen molar-refractivity contribution in [3.8, 4) is 34.2 Å². The van der Waals surface area contributed by atoms with Crippen LogP contribution in [0.15, 0.2) is 60.9 Å². The molecule has 0 saturated carbocycles. The predicted octanol–water partition coefficient (Wildman–Crippen LogP) is 2.51. The minimum Gasteiger partial charge on any atom is -0.352 e. The van der Waals surface area contributed by atoms with Gasteiger partial charge < -0.3 is 16.0 Å². The van der Waals surface area contributed by atoms with Crippen molar-refractivity contribution in [2.75, 3.05) is 18.3 Å². The Labute approximate surface area is 315 Å².